The van der Waals surface area contributed by atoms with Crippen LogP contribution in [0.5, 0.6) is 0 Å². The highest BCUT2D eigenvalue weighted by atomic mass is 19.4. The number of hydrogen-bond acceptors (Lipinski definition) is 3. The molecular formula is C20H19F3N2O3. The summed E-state index contributed by atoms with van der Waals surface area (Å²) in [5, 5.41) is 12.4. The molecule has 2 rings (SSSR count). The van der Waals surface area contributed by atoms with E-state index in [0.29, 0.717) is 0 Å². The van der Waals surface area contributed by atoms with Gasteiger partial charge in [-0.15, -0.1) is 0 Å². The number of amides is 2. The van der Waals surface area contributed by atoms with Crippen LogP contribution in [0.15, 0.2) is 60.7 Å². The zero-order chi connectivity index (χ0) is 20.7. The maximum Gasteiger partial charge on any atom is 0.416 e. The molecule has 0 fully saturated rings. The molecule has 148 valence electrons. The lowest BCUT2D eigenvalue weighted by Crippen LogP contribution is -2.45. The van der Waals surface area contributed by atoms with Crippen molar-refractivity contribution in [3.63, 3.8) is 0 Å². The van der Waals surface area contributed by atoms with E-state index in [4.69, 9.17) is 5.73 Å². The van der Waals surface area contributed by atoms with E-state index in [1.165, 1.54) is 0 Å². The number of carbonyl (C=O) groups is 2. The highest BCUT2D eigenvalue weighted by Crippen LogP contribution is 2.30. The van der Waals surface area contributed by atoms with Gasteiger partial charge in [-0.1, -0.05) is 54.6 Å². The Bertz CT molecular complexity index is 834. The maximum absolute atomic E-state index is 12.6. The highest BCUT2D eigenvalue weighted by Gasteiger charge is 2.31. The average Bonchev–Trinajstić information content (AvgIpc) is 2.66. The van der Waals surface area contributed by atoms with Crippen molar-refractivity contribution in [2.75, 3.05) is 0 Å². The Labute approximate surface area is 159 Å². The molecule has 0 saturated carbocycles. The number of hydrogen-bond donors (Lipinski definition) is 3. The molecule has 0 bridgehead atoms. The molecular weight excluding hydrogens is 373 g/mol. The summed E-state index contributed by atoms with van der Waals surface area (Å²) in [4.78, 5) is 23.7. The predicted molar refractivity (Wildman–Crippen MR) is 97.6 cm³/mol. The Kier molecular flexibility index (Phi) is 6.94. The van der Waals surface area contributed by atoms with Crippen LogP contribution < -0.4 is 11.1 Å². The molecule has 2 aromatic rings. The quantitative estimate of drug-likeness (QED) is 0.677. The van der Waals surface area contributed by atoms with Crippen molar-refractivity contribution in [1.29, 1.82) is 0 Å². The second kappa shape index (κ2) is 9.18. The number of rotatable bonds is 7. The molecule has 8 heteroatoms. The molecule has 2 aromatic carbocycles. The van der Waals surface area contributed by atoms with E-state index in [1.807, 2.05) is 30.3 Å². The van der Waals surface area contributed by atoms with Crippen LogP contribution in [0.4, 0.5) is 13.2 Å². The summed E-state index contributed by atoms with van der Waals surface area (Å²) in [5.41, 5.74) is 5.24. The van der Waals surface area contributed by atoms with E-state index >= 15 is 0 Å². The van der Waals surface area contributed by atoms with Crippen molar-refractivity contribution in [2.24, 2.45) is 5.73 Å². The second-order valence-corrected chi connectivity index (χ2v) is 6.03. The first-order chi connectivity index (χ1) is 13.2. The van der Waals surface area contributed by atoms with E-state index in [-0.39, 0.29) is 12.0 Å². The lowest BCUT2D eigenvalue weighted by atomic mass is 10.1. The molecule has 0 radical (unpaired) electrons. The molecule has 0 heterocycles. The van der Waals surface area contributed by atoms with E-state index in [9.17, 15) is 27.9 Å². The summed E-state index contributed by atoms with van der Waals surface area (Å²) in [6.45, 7) is 0. The fourth-order valence-corrected chi connectivity index (χ4v) is 2.41. The third-order valence-electron chi connectivity index (χ3n) is 3.94. The van der Waals surface area contributed by atoms with Crippen LogP contribution in [0.3, 0.4) is 0 Å². The van der Waals surface area contributed by atoms with E-state index in [0.717, 1.165) is 29.8 Å². The first-order valence-corrected chi connectivity index (χ1v) is 8.35. The van der Waals surface area contributed by atoms with Crippen molar-refractivity contribution in [2.45, 2.75) is 24.7 Å². The van der Waals surface area contributed by atoms with Crippen LogP contribution in [-0.4, -0.2) is 23.0 Å². The number of aliphatic hydroxyl groups excluding tert-OH is 1. The topological polar surface area (TPSA) is 92.4 Å². The normalized spacial score (nSPS) is 13.9. The molecule has 4 N–H and O–H groups in total. The fourth-order valence-electron chi connectivity index (χ4n) is 2.41. The SMILES string of the molecule is NC(=O)[C@H](C/C=C/c1ccccc1)NC(=O)[C@H](O)c1ccc(C(F)(F)F)cc1. The Morgan fingerprint density at radius 2 is 1.68 bits per heavy atom. The van der Waals surface area contributed by atoms with Crippen LogP contribution in [0.25, 0.3) is 6.08 Å². The molecule has 2 amide bonds. The van der Waals surface area contributed by atoms with Gasteiger partial charge in [0.1, 0.15) is 6.04 Å². The molecule has 5 nitrogen and oxygen atoms in total. The van der Waals surface area contributed by atoms with E-state index in [2.05, 4.69) is 5.32 Å². The summed E-state index contributed by atoms with van der Waals surface area (Å²) in [6.07, 6.45) is -2.77. The van der Waals surface area contributed by atoms with Gasteiger partial charge >= 0.3 is 6.18 Å². The van der Waals surface area contributed by atoms with Crippen molar-refractivity contribution >= 4 is 17.9 Å². The maximum atomic E-state index is 12.6. The standard InChI is InChI=1S/C20H19F3N2O3/c21-20(22,23)15-11-9-14(10-12-15)17(26)19(28)25-16(18(24)27)8-4-7-13-5-2-1-3-6-13/h1-7,9-12,16-17,26H,8H2,(H2,24,27)(H,25,28)/b7-4+/t16-,17+/m0/s1. The molecule has 0 unspecified atom stereocenters. The van der Waals surface area contributed by atoms with Gasteiger partial charge in [0.2, 0.25) is 5.91 Å². The van der Waals surface area contributed by atoms with Gasteiger partial charge in [0, 0.05) is 0 Å². The fraction of sp³-hybridized carbons (Fsp3) is 0.200. The monoisotopic (exact) mass is 392 g/mol. The molecule has 28 heavy (non-hydrogen) atoms. The largest absolute Gasteiger partial charge is 0.416 e. The number of halogens is 3. The third-order valence-corrected chi connectivity index (χ3v) is 3.94. The minimum Gasteiger partial charge on any atom is -0.378 e. The summed E-state index contributed by atoms with van der Waals surface area (Å²) in [5.74, 6) is -1.73. The molecule has 0 aliphatic heterocycles. The third kappa shape index (κ3) is 5.95. The predicted octanol–water partition coefficient (Wildman–Crippen LogP) is 2.81. The first kappa shape index (κ1) is 21.2. The van der Waals surface area contributed by atoms with Gasteiger partial charge in [0.15, 0.2) is 6.10 Å². The number of nitrogens with one attached hydrogen (secondary N) is 1. The van der Waals surface area contributed by atoms with Gasteiger partial charge in [-0.3, -0.25) is 9.59 Å². The zero-order valence-corrected chi connectivity index (χ0v) is 14.7. The smallest absolute Gasteiger partial charge is 0.378 e. The first-order valence-electron chi connectivity index (χ1n) is 8.35. The van der Waals surface area contributed by atoms with Gasteiger partial charge in [-0.25, -0.2) is 0 Å². The number of alkyl halides is 3. The molecule has 0 spiro atoms. The van der Waals surface area contributed by atoms with Crippen molar-refractivity contribution in [3.8, 4) is 0 Å². The second-order valence-electron chi connectivity index (χ2n) is 6.03. The van der Waals surface area contributed by atoms with Gasteiger partial charge in [0.25, 0.3) is 5.91 Å². The number of carbonyl (C=O) groups excluding carboxylic acids is 2. The molecule has 0 aliphatic carbocycles. The van der Waals surface area contributed by atoms with Crippen molar-refractivity contribution in [1.82, 2.24) is 5.32 Å². The van der Waals surface area contributed by atoms with Gasteiger partial charge in [-0.05, 0) is 29.7 Å². The Balaban J connectivity index is 2.01. The Morgan fingerprint density at radius 1 is 1.07 bits per heavy atom. The average molecular weight is 392 g/mol. The molecule has 0 aromatic heterocycles. The van der Waals surface area contributed by atoms with E-state index in [1.54, 1.807) is 12.2 Å². The lowest BCUT2D eigenvalue weighted by molar-refractivity contribution is -0.137. The number of primary amides is 1. The zero-order valence-electron chi connectivity index (χ0n) is 14.7. The minimum absolute atomic E-state index is 0.0338. The van der Waals surface area contributed by atoms with Crippen LogP contribution in [-0.2, 0) is 15.8 Å². The van der Waals surface area contributed by atoms with Gasteiger partial charge in [-0.2, -0.15) is 13.2 Å². The van der Waals surface area contributed by atoms with Crippen molar-refractivity contribution in [3.05, 3.63) is 77.4 Å². The van der Waals surface area contributed by atoms with Crippen LogP contribution in [0.2, 0.25) is 0 Å². The Morgan fingerprint density at radius 3 is 2.21 bits per heavy atom. The molecule has 2 atom stereocenters. The van der Waals surface area contributed by atoms with Gasteiger partial charge < -0.3 is 16.2 Å². The minimum atomic E-state index is -4.52. The van der Waals surface area contributed by atoms with Crippen molar-refractivity contribution < 1.29 is 27.9 Å². The summed E-state index contributed by atoms with van der Waals surface area (Å²) >= 11 is 0. The highest BCUT2D eigenvalue weighted by molar-refractivity contribution is 5.89. The summed E-state index contributed by atoms with van der Waals surface area (Å²) in [7, 11) is 0. The summed E-state index contributed by atoms with van der Waals surface area (Å²) in [6, 6.07) is 11.7. The van der Waals surface area contributed by atoms with Crippen LogP contribution in [0, 0.1) is 0 Å². The van der Waals surface area contributed by atoms with Crippen LogP contribution >= 0.6 is 0 Å². The van der Waals surface area contributed by atoms with Crippen LogP contribution in [0.1, 0.15) is 29.2 Å². The Hall–Kier alpha value is -3.13. The molecule has 0 aliphatic rings. The molecule has 0 saturated heterocycles. The lowest BCUT2D eigenvalue weighted by Gasteiger charge is -2.17. The number of benzene rings is 2. The van der Waals surface area contributed by atoms with E-state index < -0.39 is 35.7 Å². The number of nitrogens with two attached hydrogens (primary N) is 1. The summed E-state index contributed by atoms with van der Waals surface area (Å²) < 4.78 is 37.7. The van der Waals surface area contributed by atoms with Gasteiger partial charge in [0.05, 0.1) is 5.56 Å². The number of aliphatic hydroxyl groups is 1.